The Labute approximate surface area is 134 Å². The van der Waals surface area contributed by atoms with Gasteiger partial charge in [0, 0.05) is 25.1 Å². The van der Waals surface area contributed by atoms with Gasteiger partial charge in [0.15, 0.2) is 5.82 Å². The van der Waals surface area contributed by atoms with Gasteiger partial charge in [-0.3, -0.25) is 9.78 Å². The lowest BCUT2D eigenvalue weighted by molar-refractivity contribution is -0.133. The van der Waals surface area contributed by atoms with Crippen molar-refractivity contribution in [1.82, 2.24) is 24.8 Å². The van der Waals surface area contributed by atoms with Crippen molar-refractivity contribution in [1.29, 1.82) is 0 Å². The summed E-state index contributed by atoms with van der Waals surface area (Å²) in [4.78, 5) is 30.7. The average Bonchev–Trinajstić information content (AvgIpc) is 2.62. The molecule has 0 aromatic carbocycles. The third kappa shape index (κ3) is 3.59. The fourth-order valence-electron chi connectivity index (χ4n) is 2.75. The fraction of sp³-hybridized carbons (Fsp3) is 0.400. The maximum atomic E-state index is 12.1. The minimum absolute atomic E-state index is 0.0201. The van der Waals surface area contributed by atoms with E-state index in [-0.39, 0.29) is 18.5 Å². The van der Waals surface area contributed by atoms with Gasteiger partial charge in [-0.05, 0) is 25.3 Å². The first-order valence-corrected chi connectivity index (χ1v) is 7.63. The van der Waals surface area contributed by atoms with Crippen LogP contribution in [0.1, 0.15) is 31.0 Å². The van der Waals surface area contributed by atoms with Crippen LogP contribution in [0, 0.1) is 0 Å². The van der Waals surface area contributed by atoms with Crippen LogP contribution in [0.15, 0.2) is 30.9 Å². The highest BCUT2D eigenvalue weighted by Gasteiger charge is 2.28. The van der Waals surface area contributed by atoms with Crippen molar-refractivity contribution < 1.29 is 4.79 Å². The number of piperidine rings is 1. The Kier molecular flexibility index (Phi) is 4.72. The predicted molar refractivity (Wildman–Crippen MR) is 84.7 cm³/mol. The van der Waals surface area contributed by atoms with Gasteiger partial charge in [-0.2, -0.15) is 0 Å². The van der Waals surface area contributed by atoms with Crippen LogP contribution in [0.3, 0.4) is 0 Å². The normalized spacial score (nSPS) is 17.8. The van der Waals surface area contributed by atoms with Crippen LogP contribution in [0.4, 0.5) is 11.8 Å². The first-order chi connectivity index (χ1) is 11.3. The number of likely N-dealkylation sites (tertiary alicyclic amines) is 1. The summed E-state index contributed by atoms with van der Waals surface area (Å²) in [6.45, 7) is 0.740. The molecule has 2 aromatic rings. The zero-order valence-electron chi connectivity index (χ0n) is 12.7. The molecular formula is C15H19N7O. The Hall–Kier alpha value is -2.61. The quantitative estimate of drug-likeness (QED) is 0.867. The summed E-state index contributed by atoms with van der Waals surface area (Å²) in [5.41, 5.74) is 6.34. The highest BCUT2D eigenvalue weighted by Crippen LogP contribution is 2.30. The van der Waals surface area contributed by atoms with E-state index in [1.165, 1.54) is 0 Å². The Morgan fingerprint density at radius 1 is 1.30 bits per heavy atom. The van der Waals surface area contributed by atoms with Gasteiger partial charge in [0.2, 0.25) is 11.9 Å². The number of hydrogen-bond acceptors (Lipinski definition) is 7. The molecule has 1 unspecified atom stereocenters. The monoisotopic (exact) mass is 313 g/mol. The standard InChI is InChI=1S/C15H19N7O/c16-9-14(23)22-8-2-1-3-12(22)11-4-5-19-15(20-11)21-13-10-17-6-7-18-13/h4-7,10,12H,1-3,8-9,16H2,(H,18,19,20,21). The molecule has 1 aliphatic heterocycles. The van der Waals surface area contributed by atoms with E-state index < -0.39 is 0 Å². The number of nitrogens with zero attached hydrogens (tertiary/aromatic N) is 5. The third-order valence-electron chi connectivity index (χ3n) is 3.82. The minimum atomic E-state index is -0.0507. The molecule has 1 fully saturated rings. The molecule has 0 saturated carbocycles. The van der Waals surface area contributed by atoms with Crippen molar-refractivity contribution in [2.75, 3.05) is 18.4 Å². The molecule has 3 N–H and O–H groups in total. The van der Waals surface area contributed by atoms with Gasteiger partial charge in [-0.15, -0.1) is 0 Å². The zero-order valence-corrected chi connectivity index (χ0v) is 12.7. The maximum absolute atomic E-state index is 12.1. The van der Waals surface area contributed by atoms with Crippen molar-refractivity contribution in [3.05, 3.63) is 36.5 Å². The van der Waals surface area contributed by atoms with Crippen molar-refractivity contribution in [3.63, 3.8) is 0 Å². The van der Waals surface area contributed by atoms with Gasteiger partial charge in [-0.25, -0.2) is 15.0 Å². The molecule has 2 aromatic heterocycles. The van der Waals surface area contributed by atoms with E-state index in [2.05, 4.69) is 25.3 Å². The van der Waals surface area contributed by atoms with Crippen molar-refractivity contribution in [2.45, 2.75) is 25.3 Å². The SMILES string of the molecule is NCC(=O)N1CCCCC1c1ccnc(Nc2cnccn2)n1. The van der Waals surface area contributed by atoms with E-state index in [1.54, 1.807) is 24.8 Å². The molecule has 0 spiro atoms. The molecule has 3 heterocycles. The van der Waals surface area contributed by atoms with E-state index >= 15 is 0 Å². The maximum Gasteiger partial charge on any atom is 0.236 e. The Morgan fingerprint density at radius 3 is 3.00 bits per heavy atom. The molecule has 1 saturated heterocycles. The number of rotatable bonds is 4. The average molecular weight is 313 g/mol. The summed E-state index contributed by atoms with van der Waals surface area (Å²) < 4.78 is 0. The second-order valence-electron chi connectivity index (χ2n) is 5.32. The number of carbonyl (C=O) groups excluding carboxylic acids is 1. The van der Waals surface area contributed by atoms with Crippen LogP contribution in [0.5, 0.6) is 0 Å². The Balaban J connectivity index is 1.81. The van der Waals surface area contributed by atoms with Crippen molar-refractivity contribution >= 4 is 17.7 Å². The summed E-state index contributed by atoms with van der Waals surface area (Å²) >= 11 is 0. The number of anilines is 2. The van der Waals surface area contributed by atoms with Crippen LogP contribution in [-0.4, -0.2) is 43.8 Å². The molecule has 8 nitrogen and oxygen atoms in total. The van der Waals surface area contributed by atoms with Crippen LogP contribution in [0.2, 0.25) is 0 Å². The molecule has 3 rings (SSSR count). The second kappa shape index (κ2) is 7.10. The van der Waals surface area contributed by atoms with E-state index in [4.69, 9.17) is 5.73 Å². The molecule has 8 heteroatoms. The van der Waals surface area contributed by atoms with Gasteiger partial charge in [0.25, 0.3) is 0 Å². The van der Waals surface area contributed by atoms with Gasteiger partial charge < -0.3 is 16.0 Å². The van der Waals surface area contributed by atoms with Crippen molar-refractivity contribution in [3.8, 4) is 0 Å². The molecule has 1 atom stereocenters. The smallest absolute Gasteiger partial charge is 0.236 e. The van der Waals surface area contributed by atoms with E-state index in [0.29, 0.717) is 11.8 Å². The van der Waals surface area contributed by atoms with Crippen LogP contribution < -0.4 is 11.1 Å². The number of nitrogens with one attached hydrogen (secondary N) is 1. The first kappa shape index (κ1) is 15.3. The highest BCUT2D eigenvalue weighted by molar-refractivity contribution is 5.78. The molecule has 0 bridgehead atoms. The largest absolute Gasteiger partial charge is 0.333 e. The topological polar surface area (TPSA) is 110 Å². The molecule has 0 radical (unpaired) electrons. The molecular weight excluding hydrogens is 294 g/mol. The minimum Gasteiger partial charge on any atom is -0.333 e. The summed E-state index contributed by atoms with van der Waals surface area (Å²) in [7, 11) is 0. The van der Waals surface area contributed by atoms with E-state index in [1.807, 2.05) is 11.0 Å². The molecule has 1 aliphatic rings. The summed E-state index contributed by atoms with van der Waals surface area (Å²) in [5, 5.41) is 3.02. The zero-order chi connectivity index (χ0) is 16.1. The summed E-state index contributed by atoms with van der Waals surface area (Å²) in [6.07, 6.45) is 9.42. The molecule has 0 aliphatic carbocycles. The van der Waals surface area contributed by atoms with Crippen LogP contribution >= 0.6 is 0 Å². The predicted octanol–water partition coefficient (Wildman–Crippen LogP) is 1.02. The third-order valence-corrected chi connectivity index (χ3v) is 3.82. The molecule has 23 heavy (non-hydrogen) atoms. The summed E-state index contributed by atoms with van der Waals surface area (Å²) in [5.74, 6) is 0.966. The molecule has 1 amide bonds. The van der Waals surface area contributed by atoms with Crippen LogP contribution in [0.25, 0.3) is 0 Å². The van der Waals surface area contributed by atoms with Crippen molar-refractivity contribution in [2.24, 2.45) is 5.73 Å². The Morgan fingerprint density at radius 2 is 2.22 bits per heavy atom. The van der Waals surface area contributed by atoms with E-state index in [0.717, 1.165) is 31.5 Å². The number of aromatic nitrogens is 4. The van der Waals surface area contributed by atoms with E-state index in [9.17, 15) is 4.79 Å². The number of carbonyl (C=O) groups is 1. The highest BCUT2D eigenvalue weighted by atomic mass is 16.2. The first-order valence-electron chi connectivity index (χ1n) is 7.63. The summed E-state index contributed by atoms with van der Waals surface area (Å²) in [6, 6.07) is 1.79. The van der Waals surface area contributed by atoms with Gasteiger partial charge in [0.1, 0.15) is 0 Å². The number of nitrogens with two attached hydrogens (primary N) is 1. The second-order valence-corrected chi connectivity index (χ2v) is 5.32. The number of hydrogen-bond donors (Lipinski definition) is 2. The molecule has 120 valence electrons. The lowest BCUT2D eigenvalue weighted by atomic mass is 9.99. The lowest BCUT2D eigenvalue weighted by Gasteiger charge is -2.35. The van der Waals surface area contributed by atoms with Gasteiger partial charge >= 0.3 is 0 Å². The fourth-order valence-corrected chi connectivity index (χ4v) is 2.75. The number of amides is 1. The van der Waals surface area contributed by atoms with Gasteiger partial charge in [-0.1, -0.05) is 0 Å². The Bertz CT molecular complexity index is 664. The van der Waals surface area contributed by atoms with Crippen LogP contribution in [-0.2, 0) is 4.79 Å². The lowest BCUT2D eigenvalue weighted by Crippen LogP contribution is -2.42. The van der Waals surface area contributed by atoms with Gasteiger partial charge in [0.05, 0.1) is 24.5 Å².